The normalized spacial score (nSPS) is 24.7. The molecule has 5 rings (SSSR count). The Balaban J connectivity index is 1.18. The number of hydrogen-bond acceptors (Lipinski definition) is 6. The number of urea groups is 1. The average Bonchev–Trinajstić information content (AvgIpc) is 3.31. The number of carbonyl (C=O) groups excluding carboxylic acids is 1. The molecule has 1 saturated carbocycles. The molecule has 3 aliphatic rings. The van der Waals surface area contributed by atoms with E-state index in [9.17, 15) is 9.59 Å². The van der Waals surface area contributed by atoms with Gasteiger partial charge in [-0.3, -0.25) is 14.8 Å². The minimum Gasteiger partial charge on any atom is -0.322 e. The topological polar surface area (TPSA) is 94.5 Å². The summed E-state index contributed by atoms with van der Waals surface area (Å²) in [6, 6.07) is 10.2. The zero-order valence-corrected chi connectivity index (χ0v) is 20.7. The molecule has 1 aromatic heterocycles. The van der Waals surface area contributed by atoms with Crippen LogP contribution < -0.4 is 21.6 Å². The van der Waals surface area contributed by atoms with Gasteiger partial charge in [0.05, 0.1) is 5.69 Å². The van der Waals surface area contributed by atoms with Gasteiger partial charge in [0, 0.05) is 51.5 Å². The van der Waals surface area contributed by atoms with Gasteiger partial charge < -0.3 is 15.5 Å². The van der Waals surface area contributed by atoms with E-state index in [0.29, 0.717) is 19.1 Å². The molecule has 3 heterocycles. The van der Waals surface area contributed by atoms with Crippen molar-refractivity contribution in [3.8, 4) is 5.69 Å². The molecule has 3 fully saturated rings. The summed E-state index contributed by atoms with van der Waals surface area (Å²) in [6.07, 6.45) is 3.84. The van der Waals surface area contributed by atoms with E-state index in [1.807, 2.05) is 12.1 Å². The van der Waals surface area contributed by atoms with E-state index in [1.54, 1.807) is 17.2 Å². The van der Waals surface area contributed by atoms with E-state index >= 15 is 0 Å². The number of carbonyl (C=O) groups is 1. The van der Waals surface area contributed by atoms with Gasteiger partial charge in [-0.05, 0) is 68.0 Å². The number of nitrogens with one attached hydrogen (secondary N) is 3. The van der Waals surface area contributed by atoms with Gasteiger partial charge >= 0.3 is 11.7 Å². The van der Waals surface area contributed by atoms with Crippen LogP contribution in [-0.4, -0.2) is 84.3 Å². The van der Waals surface area contributed by atoms with Gasteiger partial charge in [0.15, 0.2) is 0 Å². The molecule has 2 aliphatic heterocycles. The first-order valence-corrected chi connectivity index (χ1v) is 12.9. The summed E-state index contributed by atoms with van der Waals surface area (Å²) in [7, 11) is 2.05. The maximum Gasteiger partial charge on any atom is 0.354 e. The number of amides is 2. The van der Waals surface area contributed by atoms with Gasteiger partial charge in [0.2, 0.25) is 0 Å². The Kier molecular flexibility index (Phi) is 7.17. The van der Waals surface area contributed by atoms with Crippen molar-refractivity contribution in [2.45, 2.75) is 25.8 Å². The van der Waals surface area contributed by atoms with Crippen molar-refractivity contribution >= 4 is 11.8 Å². The van der Waals surface area contributed by atoms with Gasteiger partial charge in [-0.15, -0.1) is 0 Å². The molecule has 9 nitrogen and oxygen atoms in total. The fraction of sp³-hybridized carbons (Fsp3) is 0.577. The molecular weight excluding hydrogens is 442 g/mol. The molecule has 1 aromatic carbocycles. The van der Waals surface area contributed by atoms with Crippen molar-refractivity contribution in [1.29, 1.82) is 0 Å². The van der Waals surface area contributed by atoms with E-state index in [0.717, 1.165) is 55.9 Å². The van der Waals surface area contributed by atoms with Gasteiger partial charge in [0.25, 0.3) is 0 Å². The number of likely N-dealkylation sites (tertiary alicyclic amines) is 1. The summed E-state index contributed by atoms with van der Waals surface area (Å²) in [4.78, 5) is 33.5. The van der Waals surface area contributed by atoms with Crippen LogP contribution >= 0.6 is 0 Å². The number of benzene rings is 1. The lowest BCUT2D eigenvalue weighted by Gasteiger charge is -2.29. The van der Waals surface area contributed by atoms with Crippen molar-refractivity contribution in [3.05, 3.63) is 52.6 Å². The Morgan fingerprint density at radius 3 is 2.49 bits per heavy atom. The largest absolute Gasteiger partial charge is 0.354 e. The Hall–Kier alpha value is -2.75. The number of piperidine rings is 1. The Morgan fingerprint density at radius 1 is 1.14 bits per heavy atom. The monoisotopic (exact) mass is 479 g/mol. The highest BCUT2D eigenvalue weighted by Crippen LogP contribution is 2.51. The summed E-state index contributed by atoms with van der Waals surface area (Å²) >= 11 is 0. The molecule has 2 amide bonds. The fourth-order valence-electron chi connectivity index (χ4n) is 5.84. The first-order chi connectivity index (χ1) is 17.1. The van der Waals surface area contributed by atoms with Crippen LogP contribution in [0.15, 0.2) is 41.3 Å². The molecule has 9 heteroatoms. The molecule has 0 spiro atoms. The number of piperazine rings is 1. The van der Waals surface area contributed by atoms with Crippen molar-refractivity contribution in [1.82, 2.24) is 30.0 Å². The minimum absolute atomic E-state index is 0.223. The van der Waals surface area contributed by atoms with Crippen LogP contribution in [0.4, 0.5) is 10.6 Å². The lowest BCUT2D eigenvalue weighted by Crippen LogP contribution is -2.48. The first kappa shape index (κ1) is 24.0. The van der Waals surface area contributed by atoms with Crippen molar-refractivity contribution in [2.24, 2.45) is 17.8 Å². The molecule has 0 radical (unpaired) electrons. The highest BCUT2D eigenvalue weighted by atomic mass is 16.2. The Labute approximate surface area is 206 Å². The molecule has 2 aromatic rings. The summed E-state index contributed by atoms with van der Waals surface area (Å²) in [5.41, 5.74) is 1.65. The first-order valence-electron chi connectivity index (χ1n) is 12.9. The van der Waals surface area contributed by atoms with Crippen LogP contribution in [0.2, 0.25) is 0 Å². The van der Waals surface area contributed by atoms with E-state index in [4.69, 9.17) is 0 Å². The van der Waals surface area contributed by atoms with E-state index < -0.39 is 5.69 Å². The van der Waals surface area contributed by atoms with Crippen LogP contribution in [0.5, 0.6) is 0 Å². The highest BCUT2D eigenvalue weighted by Gasteiger charge is 2.55. The standard InChI is InChI=1S/C26H37N7O2/c1-3-19(32-16-22-21(15-27-2)23(22)17-32)14-18-4-6-20(7-5-18)33-11-8-24(30-26(33)35)29-25(34)31-12-9-28-10-13-31/h4-8,11,19,21-23,27-28H,3,9-10,12-17H2,1-2H3,(H,29,30,34,35)/t19?,21?,22-,23+. The second-order valence-electron chi connectivity index (χ2n) is 10.1. The fourth-order valence-corrected chi connectivity index (χ4v) is 5.84. The molecule has 2 unspecified atom stereocenters. The zero-order chi connectivity index (χ0) is 24.4. The van der Waals surface area contributed by atoms with Crippen LogP contribution in [0, 0.1) is 17.8 Å². The SMILES string of the molecule is CCC(Cc1ccc(-n2ccc(NC(=O)N3CCNCC3)nc2=O)cc1)N1C[C@@H]2C(CNC)[C@@H]2C1. The molecular formula is C26H37N7O2. The number of hydrogen-bond donors (Lipinski definition) is 3. The highest BCUT2D eigenvalue weighted by molar-refractivity contribution is 5.88. The van der Waals surface area contributed by atoms with E-state index in [1.165, 1.54) is 23.2 Å². The van der Waals surface area contributed by atoms with E-state index in [-0.39, 0.29) is 11.8 Å². The summed E-state index contributed by atoms with van der Waals surface area (Å²) in [5.74, 6) is 2.91. The van der Waals surface area contributed by atoms with Gasteiger partial charge in [-0.1, -0.05) is 19.1 Å². The van der Waals surface area contributed by atoms with Crippen molar-refractivity contribution in [3.63, 3.8) is 0 Å². The predicted octanol–water partition coefficient (Wildman–Crippen LogP) is 1.39. The zero-order valence-electron chi connectivity index (χ0n) is 20.7. The maximum atomic E-state index is 12.7. The number of rotatable bonds is 8. The molecule has 3 N–H and O–H groups in total. The lowest BCUT2D eigenvalue weighted by atomic mass is 10.0. The van der Waals surface area contributed by atoms with Crippen LogP contribution in [0.3, 0.4) is 0 Å². The average molecular weight is 480 g/mol. The predicted molar refractivity (Wildman–Crippen MR) is 137 cm³/mol. The van der Waals surface area contributed by atoms with Crippen molar-refractivity contribution in [2.75, 3.05) is 58.2 Å². The van der Waals surface area contributed by atoms with Crippen LogP contribution in [0.1, 0.15) is 18.9 Å². The molecule has 35 heavy (non-hydrogen) atoms. The second kappa shape index (κ2) is 10.5. The summed E-state index contributed by atoms with van der Waals surface area (Å²) in [5, 5.41) is 9.29. The minimum atomic E-state index is -0.408. The second-order valence-corrected chi connectivity index (χ2v) is 10.1. The maximum absolute atomic E-state index is 12.7. The van der Waals surface area contributed by atoms with Gasteiger partial charge in [-0.25, -0.2) is 9.59 Å². The smallest absolute Gasteiger partial charge is 0.322 e. The van der Waals surface area contributed by atoms with E-state index in [2.05, 4.69) is 51.9 Å². The third-order valence-corrected chi connectivity index (χ3v) is 7.96. The molecule has 4 atom stereocenters. The third-order valence-electron chi connectivity index (χ3n) is 7.96. The molecule has 188 valence electrons. The molecule has 1 aliphatic carbocycles. The molecule has 0 bridgehead atoms. The number of nitrogens with zero attached hydrogens (tertiary/aromatic N) is 4. The Bertz CT molecular complexity index is 1070. The van der Waals surface area contributed by atoms with Gasteiger partial charge in [0.1, 0.15) is 5.82 Å². The Morgan fingerprint density at radius 2 is 1.86 bits per heavy atom. The number of fused-ring (bicyclic) bond motifs is 1. The quantitative estimate of drug-likeness (QED) is 0.530. The molecule has 2 saturated heterocycles. The van der Waals surface area contributed by atoms with Crippen LogP contribution in [-0.2, 0) is 6.42 Å². The number of aromatic nitrogens is 2. The lowest BCUT2D eigenvalue weighted by molar-refractivity contribution is 0.200. The summed E-state index contributed by atoms with van der Waals surface area (Å²) in [6.45, 7) is 8.72. The van der Waals surface area contributed by atoms with Gasteiger partial charge in [-0.2, -0.15) is 4.98 Å². The number of anilines is 1. The third kappa shape index (κ3) is 5.27. The summed E-state index contributed by atoms with van der Waals surface area (Å²) < 4.78 is 1.51. The van der Waals surface area contributed by atoms with Crippen LogP contribution in [0.25, 0.3) is 5.69 Å². The van der Waals surface area contributed by atoms with Crippen molar-refractivity contribution < 1.29 is 4.79 Å².